The molecular formula is C25H23N5O3. The summed E-state index contributed by atoms with van der Waals surface area (Å²) in [6.45, 7) is 2.23. The molecule has 0 unspecified atom stereocenters. The topological polar surface area (TPSA) is 98.9 Å². The number of aromatic nitrogens is 4. The van der Waals surface area contributed by atoms with Crippen LogP contribution in [0.25, 0.3) is 5.69 Å². The van der Waals surface area contributed by atoms with E-state index >= 15 is 0 Å². The number of nitrogens with one attached hydrogen (secondary N) is 1. The zero-order valence-corrected chi connectivity index (χ0v) is 18.1. The van der Waals surface area contributed by atoms with Crippen LogP contribution in [0, 0.1) is 6.92 Å². The Kier molecular flexibility index (Phi) is 6.54. The van der Waals surface area contributed by atoms with E-state index in [0.29, 0.717) is 12.1 Å². The fourth-order valence-corrected chi connectivity index (χ4v) is 3.35. The Balaban J connectivity index is 1.70. The van der Waals surface area contributed by atoms with Gasteiger partial charge in [0, 0.05) is 24.9 Å². The van der Waals surface area contributed by atoms with Crippen LogP contribution in [0.1, 0.15) is 27.3 Å². The van der Waals surface area contributed by atoms with Gasteiger partial charge in [-0.3, -0.25) is 19.1 Å². The number of benzene rings is 2. The summed E-state index contributed by atoms with van der Waals surface area (Å²) in [5.74, 6) is -0.640. The van der Waals surface area contributed by atoms with E-state index in [4.69, 9.17) is 0 Å². The lowest BCUT2D eigenvalue weighted by Crippen LogP contribution is -2.46. The van der Waals surface area contributed by atoms with Crippen molar-refractivity contribution < 1.29 is 4.79 Å². The van der Waals surface area contributed by atoms with Crippen molar-refractivity contribution in [3.63, 3.8) is 0 Å². The highest BCUT2D eigenvalue weighted by Gasteiger charge is 2.20. The number of carbonyl (C=O) groups is 1. The van der Waals surface area contributed by atoms with E-state index in [9.17, 15) is 14.4 Å². The predicted octanol–water partition coefficient (Wildman–Crippen LogP) is 2.12. The number of nitrogens with zero attached hydrogens (tertiary/aromatic N) is 4. The van der Waals surface area contributed by atoms with Crippen molar-refractivity contribution in [3.05, 3.63) is 122 Å². The molecule has 0 atom stereocenters. The summed E-state index contributed by atoms with van der Waals surface area (Å²) >= 11 is 0. The highest BCUT2D eigenvalue weighted by Crippen LogP contribution is 2.06. The van der Waals surface area contributed by atoms with Crippen molar-refractivity contribution >= 4 is 5.91 Å². The SMILES string of the molecule is Cc1ccc(-n2nc(C(=O)NCCc3ccccn3)c(=O)n(Cc3ccccc3)c2=O)cc1. The second-order valence-corrected chi connectivity index (χ2v) is 7.58. The monoisotopic (exact) mass is 441 g/mol. The van der Waals surface area contributed by atoms with Gasteiger partial charge in [0.2, 0.25) is 5.69 Å². The number of rotatable bonds is 7. The molecule has 0 aliphatic carbocycles. The molecule has 2 heterocycles. The van der Waals surface area contributed by atoms with E-state index in [1.54, 1.807) is 18.3 Å². The van der Waals surface area contributed by atoms with E-state index in [1.165, 1.54) is 0 Å². The second-order valence-electron chi connectivity index (χ2n) is 7.58. The van der Waals surface area contributed by atoms with Gasteiger partial charge in [0.1, 0.15) is 0 Å². The third-order valence-corrected chi connectivity index (χ3v) is 5.13. The summed E-state index contributed by atoms with van der Waals surface area (Å²) in [7, 11) is 0. The van der Waals surface area contributed by atoms with Gasteiger partial charge in [-0.2, -0.15) is 9.78 Å². The van der Waals surface area contributed by atoms with Crippen molar-refractivity contribution in [2.75, 3.05) is 6.54 Å². The zero-order chi connectivity index (χ0) is 23.2. The quantitative estimate of drug-likeness (QED) is 0.474. The first-order valence-electron chi connectivity index (χ1n) is 10.6. The van der Waals surface area contributed by atoms with Gasteiger partial charge in [0.05, 0.1) is 12.2 Å². The van der Waals surface area contributed by atoms with Crippen LogP contribution in [0.2, 0.25) is 0 Å². The number of carbonyl (C=O) groups excluding carboxylic acids is 1. The lowest BCUT2D eigenvalue weighted by molar-refractivity contribution is 0.0944. The molecular weight excluding hydrogens is 418 g/mol. The van der Waals surface area contributed by atoms with E-state index in [2.05, 4.69) is 15.4 Å². The van der Waals surface area contributed by atoms with Gasteiger partial charge in [-0.15, -0.1) is 0 Å². The standard InChI is InChI=1S/C25H23N5O3/c1-18-10-12-21(13-11-18)30-25(33)29(17-19-7-3-2-4-8-19)24(32)22(28-30)23(31)27-16-14-20-9-5-6-15-26-20/h2-13,15H,14,16-17H2,1H3,(H,27,31). The smallest absolute Gasteiger partial charge is 0.350 e. The summed E-state index contributed by atoms with van der Waals surface area (Å²) in [4.78, 5) is 43.4. The minimum Gasteiger partial charge on any atom is -0.350 e. The molecule has 0 spiro atoms. The average Bonchev–Trinajstić information content (AvgIpc) is 2.84. The van der Waals surface area contributed by atoms with Gasteiger partial charge in [-0.25, -0.2) is 4.79 Å². The molecule has 2 aromatic carbocycles. The van der Waals surface area contributed by atoms with Crippen molar-refractivity contribution in [1.29, 1.82) is 0 Å². The van der Waals surface area contributed by atoms with Gasteiger partial charge >= 0.3 is 5.69 Å². The molecule has 8 nitrogen and oxygen atoms in total. The summed E-state index contributed by atoms with van der Waals surface area (Å²) < 4.78 is 2.13. The van der Waals surface area contributed by atoms with E-state index in [-0.39, 0.29) is 18.8 Å². The van der Waals surface area contributed by atoms with Gasteiger partial charge in [-0.05, 0) is 36.8 Å². The fraction of sp³-hybridized carbons (Fsp3) is 0.160. The molecule has 0 radical (unpaired) electrons. The molecule has 33 heavy (non-hydrogen) atoms. The highest BCUT2D eigenvalue weighted by atomic mass is 16.2. The molecule has 4 rings (SSSR count). The first-order chi connectivity index (χ1) is 16.0. The molecule has 166 valence electrons. The summed E-state index contributed by atoms with van der Waals surface area (Å²) in [6, 6.07) is 21.8. The summed E-state index contributed by atoms with van der Waals surface area (Å²) in [5, 5.41) is 6.86. The fourth-order valence-electron chi connectivity index (χ4n) is 3.35. The Hall–Kier alpha value is -4.33. The van der Waals surface area contributed by atoms with Crippen LogP contribution in [0.15, 0.2) is 88.6 Å². The van der Waals surface area contributed by atoms with Crippen LogP contribution in [0.3, 0.4) is 0 Å². The lowest BCUT2D eigenvalue weighted by Gasteiger charge is -2.12. The van der Waals surface area contributed by atoms with Gasteiger partial charge in [0.15, 0.2) is 0 Å². The van der Waals surface area contributed by atoms with Crippen LogP contribution in [0.5, 0.6) is 0 Å². The molecule has 1 N–H and O–H groups in total. The maximum atomic E-state index is 13.2. The van der Waals surface area contributed by atoms with Crippen LogP contribution in [-0.4, -0.2) is 31.8 Å². The lowest BCUT2D eigenvalue weighted by atomic mass is 10.2. The van der Waals surface area contributed by atoms with Crippen molar-refractivity contribution in [3.8, 4) is 5.69 Å². The third-order valence-electron chi connectivity index (χ3n) is 5.13. The Morgan fingerprint density at radius 2 is 1.67 bits per heavy atom. The molecule has 0 bridgehead atoms. The number of hydrogen-bond acceptors (Lipinski definition) is 5. The van der Waals surface area contributed by atoms with Crippen LogP contribution in [0.4, 0.5) is 0 Å². The second kappa shape index (κ2) is 9.86. The number of pyridine rings is 1. The normalized spacial score (nSPS) is 10.7. The number of hydrogen-bond donors (Lipinski definition) is 1. The Morgan fingerprint density at radius 3 is 2.36 bits per heavy atom. The first-order valence-corrected chi connectivity index (χ1v) is 10.6. The maximum absolute atomic E-state index is 13.2. The van der Waals surface area contributed by atoms with Crippen molar-refractivity contribution in [2.24, 2.45) is 0 Å². The molecule has 1 amide bonds. The van der Waals surface area contributed by atoms with Crippen LogP contribution >= 0.6 is 0 Å². The van der Waals surface area contributed by atoms with Crippen LogP contribution in [-0.2, 0) is 13.0 Å². The Bertz CT molecular complexity index is 1360. The minimum absolute atomic E-state index is 0.0289. The highest BCUT2D eigenvalue weighted by molar-refractivity contribution is 5.91. The van der Waals surface area contributed by atoms with E-state index in [0.717, 1.165) is 26.1 Å². The predicted molar refractivity (Wildman–Crippen MR) is 125 cm³/mol. The van der Waals surface area contributed by atoms with E-state index in [1.807, 2.05) is 67.6 Å². The average molecular weight is 441 g/mol. The summed E-state index contributed by atoms with van der Waals surface area (Å²) in [5.41, 5.74) is 1.37. The molecule has 2 aromatic heterocycles. The minimum atomic E-state index is -0.734. The molecule has 0 saturated heterocycles. The summed E-state index contributed by atoms with van der Waals surface area (Å²) in [6.07, 6.45) is 2.18. The Labute approximate surface area is 190 Å². The van der Waals surface area contributed by atoms with Gasteiger partial charge in [-0.1, -0.05) is 54.1 Å². The number of aryl methyl sites for hydroxylation is 1. The van der Waals surface area contributed by atoms with Crippen molar-refractivity contribution in [2.45, 2.75) is 19.9 Å². The Morgan fingerprint density at radius 1 is 0.939 bits per heavy atom. The van der Waals surface area contributed by atoms with Crippen LogP contribution < -0.4 is 16.6 Å². The molecule has 0 fully saturated rings. The van der Waals surface area contributed by atoms with Gasteiger partial charge in [0.25, 0.3) is 11.5 Å². The maximum Gasteiger partial charge on any atom is 0.352 e. The molecule has 4 aromatic rings. The molecule has 8 heteroatoms. The third kappa shape index (κ3) is 5.12. The number of amides is 1. The largest absolute Gasteiger partial charge is 0.352 e. The molecule has 0 aliphatic rings. The van der Waals surface area contributed by atoms with Gasteiger partial charge < -0.3 is 5.32 Å². The molecule has 0 aliphatic heterocycles. The van der Waals surface area contributed by atoms with Crippen molar-refractivity contribution in [1.82, 2.24) is 24.6 Å². The molecule has 0 saturated carbocycles. The zero-order valence-electron chi connectivity index (χ0n) is 18.1. The van der Waals surface area contributed by atoms with E-state index < -0.39 is 17.2 Å². The first kappa shape index (κ1) is 21.9.